The average Bonchev–Trinajstić information content (AvgIpc) is 2.42. The van der Waals surface area contributed by atoms with Crippen molar-refractivity contribution in [3.8, 4) is 5.69 Å². The Kier molecular flexibility index (Phi) is 2.94. The van der Waals surface area contributed by atoms with E-state index >= 15 is 0 Å². The first-order valence-corrected chi connectivity index (χ1v) is 6.36. The molecule has 0 saturated heterocycles. The van der Waals surface area contributed by atoms with Crippen LogP contribution in [-0.4, -0.2) is 14.0 Å². The largest absolute Gasteiger partial charge is 0.269 e. The van der Waals surface area contributed by atoms with Gasteiger partial charge in [-0.05, 0) is 37.1 Å². The van der Waals surface area contributed by atoms with E-state index < -0.39 is 17.1 Å². The Morgan fingerprint density at radius 1 is 1.00 bits per heavy atom. The van der Waals surface area contributed by atoms with Crippen LogP contribution in [0.5, 0.6) is 0 Å². The van der Waals surface area contributed by atoms with Gasteiger partial charge >= 0.3 is 0 Å². The number of fused-ring (bicyclic) bond motifs is 1. The number of aryl methyl sites for hydroxylation is 2. The predicted molar refractivity (Wildman–Crippen MR) is 76.5 cm³/mol. The minimum absolute atomic E-state index is 0.0456. The number of nitrogens with zero attached hydrogens (tertiary/aromatic N) is 3. The van der Waals surface area contributed by atoms with E-state index in [-0.39, 0.29) is 5.78 Å². The zero-order valence-electron chi connectivity index (χ0n) is 11.5. The standard InChI is InChI=1S/C15H12FN3O2/c1-9-3-4-11(7-10(9)2)18-14(21)8-12(16)19-13(20)5-6-17-15(18)19/h3-8H,1-2H3. The van der Waals surface area contributed by atoms with Gasteiger partial charge in [0.1, 0.15) is 0 Å². The molecule has 0 N–H and O–H groups in total. The molecule has 0 aliphatic heterocycles. The van der Waals surface area contributed by atoms with E-state index in [9.17, 15) is 14.0 Å². The molecule has 106 valence electrons. The molecule has 1 aromatic carbocycles. The highest BCUT2D eigenvalue weighted by Crippen LogP contribution is 2.14. The molecule has 3 rings (SSSR count). The van der Waals surface area contributed by atoms with E-state index in [0.29, 0.717) is 5.69 Å². The third kappa shape index (κ3) is 2.05. The normalized spacial score (nSPS) is 11.0. The van der Waals surface area contributed by atoms with Crippen molar-refractivity contribution in [2.75, 3.05) is 0 Å². The Morgan fingerprint density at radius 3 is 2.48 bits per heavy atom. The minimum Gasteiger partial charge on any atom is -0.269 e. The SMILES string of the molecule is Cc1ccc(-n2c(=O)cc(F)n3c(=O)ccnc23)cc1C. The summed E-state index contributed by atoms with van der Waals surface area (Å²) < 4.78 is 15.9. The summed E-state index contributed by atoms with van der Waals surface area (Å²) in [5.41, 5.74) is 1.45. The van der Waals surface area contributed by atoms with E-state index in [1.165, 1.54) is 10.8 Å². The second kappa shape index (κ2) is 4.66. The first-order valence-electron chi connectivity index (χ1n) is 6.36. The second-order valence-corrected chi connectivity index (χ2v) is 4.83. The van der Waals surface area contributed by atoms with Crippen molar-refractivity contribution >= 4 is 5.78 Å². The van der Waals surface area contributed by atoms with Crippen molar-refractivity contribution in [1.29, 1.82) is 0 Å². The van der Waals surface area contributed by atoms with Crippen molar-refractivity contribution in [3.63, 3.8) is 0 Å². The van der Waals surface area contributed by atoms with Crippen molar-refractivity contribution in [3.05, 3.63) is 74.3 Å². The van der Waals surface area contributed by atoms with Crippen LogP contribution in [0.15, 0.2) is 46.1 Å². The third-order valence-electron chi connectivity index (χ3n) is 3.45. The maximum Gasteiger partial charge on any atom is 0.262 e. The number of aromatic nitrogens is 3. The summed E-state index contributed by atoms with van der Waals surface area (Å²) in [5.74, 6) is -0.969. The molecular weight excluding hydrogens is 273 g/mol. The fourth-order valence-corrected chi connectivity index (χ4v) is 2.19. The lowest BCUT2D eigenvalue weighted by atomic mass is 10.1. The number of halogens is 1. The zero-order chi connectivity index (χ0) is 15.1. The first kappa shape index (κ1) is 13.2. The predicted octanol–water partition coefficient (Wildman–Crippen LogP) is 1.60. The smallest absolute Gasteiger partial charge is 0.262 e. The maximum atomic E-state index is 13.9. The molecule has 0 radical (unpaired) electrons. The van der Waals surface area contributed by atoms with Gasteiger partial charge in [0.2, 0.25) is 11.7 Å². The van der Waals surface area contributed by atoms with Gasteiger partial charge in [-0.25, -0.2) is 14.0 Å². The van der Waals surface area contributed by atoms with Gasteiger partial charge in [0, 0.05) is 12.3 Å². The van der Waals surface area contributed by atoms with Crippen molar-refractivity contribution < 1.29 is 4.39 Å². The molecule has 0 amide bonds. The van der Waals surface area contributed by atoms with Crippen molar-refractivity contribution in [1.82, 2.24) is 14.0 Å². The number of rotatable bonds is 1. The van der Waals surface area contributed by atoms with E-state index in [4.69, 9.17) is 0 Å². The molecule has 0 unspecified atom stereocenters. The Balaban J connectivity index is 2.48. The number of benzene rings is 1. The van der Waals surface area contributed by atoms with Crippen LogP contribution in [0.3, 0.4) is 0 Å². The Morgan fingerprint density at radius 2 is 1.76 bits per heavy atom. The Bertz CT molecular complexity index is 973. The molecular formula is C15H12FN3O2. The number of hydrogen-bond acceptors (Lipinski definition) is 3. The number of hydrogen-bond donors (Lipinski definition) is 0. The van der Waals surface area contributed by atoms with Crippen molar-refractivity contribution in [2.24, 2.45) is 0 Å². The van der Waals surface area contributed by atoms with Crippen LogP contribution in [0.25, 0.3) is 11.5 Å². The molecule has 0 fully saturated rings. The molecule has 6 heteroatoms. The van der Waals surface area contributed by atoms with Gasteiger partial charge in [-0.2, -0.15) is 4.39 Å². The monoisotopic (exact) mass is 285 g/mol. The lowest BCUT2D eigenvalue weighted by Crippen LogP contribution is -2.28. The summed E-state index contributed by atoms with van der Waals surface area (Å²) in [6.45, 7) is 3.86. The molecule has 0 atom stereocenters. The minimum atomic E-state index is -0.923. The molecule has 0 spiro atoms. The molecule has 5 nitrogen and oxygen atoms in total. The molecule has 3 aromatic rings. The molecule has 2 heterocycles. The third-order valence-corrected chi connectivity index (χ3v) is 3.45. The zero-order valence-corrected chi connectivity index (χ0v) is 11.5. The highest BCUT2D eigenvalue weighted by molar-refractivity contribution is 5.46. The van der Waals surface area contributed by atoms with Crippen LogP contribution in [0.4, 0.5) is 4.39 Å². The van der Waals surface area contributed by atoms with Crippen LogP contribution in [0.2, 0.25) is 0 Å². The van der Waals surface area contributed by atoms with Gasteiger partial charge in [0.05, 0.1) is 11.8 Å². The summed E-state index contributed by atoms with van der Waals surface area (Å²) in [4.78, 5) is 27.9. The second-order valence-electron chi connectivity index (χ2n) is 4.83. The quantitative estimate of drug-likeness (QED) is 0.638. The summed E-state index contributed by atoms with van der Waals surface area (Å²) in [7, 11) is 0. The average molecular weight is 285 g/mol. The highest BCUT2D eigenvalue weighted by Gasteiger charge is 2.12. The van der Waals surface area contributed by atoms with Crippen LogP contribution in [-0.2, 0) is 0 Å². The summed E-state index contributed by atoms with van der Waals surface area (Å²) in [6.07, 6.45) is 1.26. The van der Waals surface area contributed by atoms with E-state index in [0.717, 1.165) is 27.7 Å². The van der Waals surface area contributed by atoms with Crippen LogP contribution < -0.4 is 11.1 Å². The fraction of sp³-hybridized carbons (Fsp3) is 0.133. The lowest BCUT2D eigenvalue weighted by molar-refractivity contribution is 0.548. The van der Waals surface area contributed by atoms with Gasteiger partial charge in [0.25, 0.3) is 11.1 Å². The van der Waals surface area contributed by atoms with Crippen molar-refractivity contribution in [2.45, 2.75) is 13.8 Å². The molecule has 21 heavy (non-hydrogen) atoms. The molecule has 0 bridgehead atoms. The van der Waals surface area contributed by atoms with Gasteiger partial charge in [-0.1, -0.05) is 6.07 Å². The summed E-state index contributed by atoms with van der Waals surface area (Å²) in [5, 5.41) is 0. The first-order chi connectivity index (χ1) is 9.99. The highest BCUT2D eigenvalue weighted by atomic mass is 19.1. The van der Waals surface area contributed by atoms with E-state index in [1.807, 2.05) is 19.9 Å². The molecule has 0 aliphatic carbocycles. The maximum absolute atomic E-state index is 13.9. The lowest BCUT2D eigenvalue weighted by Gasteiger charge is -2.11. The Hall–Kier alpha value is -2.76. The van der Waals surface area contributed by atoms with Crippen LogP contribution in [0, 0.1) is 19.8 Å². The topological polar surface area (TPSA) is 56.4 Å². The van der Waals surface area contributed by atoms with Crippen LogP contribution >= 0.6 is 0 Å². The van der Waals surface area contributed by atoms with Gasteiger partial charge in [-0.3, -0.25) is 9.59 Å². The molecule has 0 saturated carbocycles. The van der Waals surface area contributed by atoms with Gasteiger partial charge in [-0.15, -0.1) is 0 Å². The summed E-state index contributed by atoms with van der Waals surface area (Å²) in [6, 6.07) is 7.32. The van der Waals surface area contributed by atoms with Gasteiger partial charge < -0.3 is 0 Å². The molecule has 0 aliphatic rings. The van der Waals surface area contributed by atoms with E-state index in [2.05, 4.69) is 4.98 Å². The fourth-order valence-electron chi connectivity index (χ4n) is 2.19. The van der Waals surface area contributed by atoms with Crippen LogP contribution in [0.1, 0.15) is 11.1 Å². The Labute approximate surface area is 118 Å². The van der Waals surface area contributed by atoms with E-state index in [1.54, 1.807) is 12.1 Å². The molecule has 2 aromatic heterocycles. The summed E-state index contributed by atoms with van der Waals surface area (Å²) >= 11 is 0. The van der Waals surface area contributed by atoms with Gasteiger partial charge in [0.15, 0.2) is 0 Å².